The highest BCUT2D eigenvalue weighted by molar-refractivity contribution is 7.09. The molecule has 1 N–H and O–H groups in total. The molecule has 19 heavy (non-hydrogen) atoms. The Kier molecular flexibility index (Phi) is 4.51. The Labute approximate surface area is 116 Å². The predicted molar refractivity (Wildman–Crippen MR) is 77.0 cm³/mol. The van der Waals surface area contributed by atoms with Crippen LogP contribution in [0.5, 0.6) is 6.01 Å². The lowest BCUT2D eigenvalue weighted by Gasteiger charge is -2.20. The molecule has 0 bridgehead atoms. The lowest BCUT2D eigenvalue weighted by Crippen LogP contribution is -2.24. The van der Waals surface area contributed by atoms with Crippen molar-refractivity contribution in [2.45, 2.75) is 13.5 Å². The third-order valence-corrected chi connectivity index (χ3v) is 3.46. The van der Waals surface area contributed by atoms with Crippen molar-refractivity contribution < 1.29 is 4.74 Å². The Balaban J connectivity index is 2.26. The molecule has 0 aliphatic carbocycles. The third kappa shape index (κ3) is 3.31. The van der Waals surface area contributed by atoms with E-state index in [1.807, 2.05) is 6.07 Å². The maximum Gasteiger partial charge on any atom is 0.322 e. The second-order valence-electron chi connectivity index (χ2n) is 3.79. The van der Waals surface area contributed by atoms with Crippen LogP contribution in [0.25, 0.3) is 0 Å². The molecule has 0 aliphatic heterocycles. The average Bonchev–Trinajstić information content (AvgIpc) is 2.97. The van der Waals surface area contributed by atoms with Crippen molar-refractivity contribution in [2.75, 3.05) is 30.9 Å². The molecule has 0 radical (unpaired) electrons. The number of ether oxygens (including phenoxy) is 1. The van der Waals surface area contributed by atoms with Gasteiger partial charge in [-0.1, -0.05) is 6.07 Å². The number of rotatable bonds is 6. The topological polar surface area (TPSA) is 63.2 Å². The minimum atomic E-state index is 0.318. The first-order valence-corrected chi connectivity index (χ1v) is 6.90. The van der Waals surface area contributed by atoms with Gasteiger partial charge in [0.25, 0.3) is 0 Å². The van der Waals surface area contributed by atoms with Gasteiger partial charge in [-0.3, -0.25) is 0 Å². The van der Waals surface area contributed by atoms with Crippen LogP contribution in [0.3, 0.4) is 0 Å². The van der Waals surface area contributed by atoms with E-state index in [1.165, 1.54) is 4.88 Å². The monoisotopic (exact) mass is 279 g/mol. The molecule has 0 amide bonds. The molecule has 2 aromatic rings. The van der Waals surface area contributed by atoms with Gasteiger partial charge in [-0.15, -0.1) is 11.3 Å². The molecule has 2 rings (SSSR count). The van der Waals surface area contributed by atoms with Crippen molar-refractivity contribution in [3.8, 4) is 6.01 Å². The summed E-state index contributed by atoms with van der Waals surface area (Å²) >= 11 is 1.72. The Bertz CT molecular complexity index is 495. The van der Waals surface area contributed by atoms with Crippen molar-refractivity contribution in [3.05, 3.63) is 22.4 Å². The van der Waals surface area contributed by atoms with Crippen LogP contribution in [0.4, 0.5) is 11.9 Å². The normalized spacial score (nSPS) is 10.3. The molecule has 0 spiro atoms. The van der Waals surface area contributed by atoms with E-state index in [0.717, 1.165) is 13.1 Å². The first kappa shape index (κ1) is 13.5. The molecule has 0 aromatic carbocycles. The summed E-state index contributed by atoms with van der Waals surface area (Å²) < 4.78 is 5.10. The molecule has 7 heteroatoms. The van der Waals surface area contributed by atoms with Crippen molar-refractivity contribution in [3.63, 3.8) is 0 Å². The summed E-state index contributed by atoms with van der Waals surface area (Å²) in [6, 6.07) is 4.46. The van der Waals surface area contributed by atoms with Crippen molar-refractivity contribution >= 4 is 23.2 Å². The summed E-state index contributed by atoms with van der Waals surface area (Å²) in [5, 5.41) is 4.98. The highest BCUT2D eigenvalue weighted by Crippen LogP contribution is 2.18. The molecule has 0 saturated carbocycles. The van der Waals surface area contributed by atoms with E-state index in [0.29, 0.717) is 17.9 Å². The van der Waals surface area contributed by atoms with E-state index in [4.69, 9.17) is 4.74 Å². The summed E-state index contributed by atoms with van der Waals surface area (Å²) in [5.41, 5.74) is 0. The van der Waals surface area contributed by atoms with E-state index in [1.54, 1.807) is 25.5 Å². The van der Waals surface area contributed by atoms with Crippen LogP contribution in [-0.4, -0.2) is 35.7 Å². The lowest BCUT2D eigenvalue weighted by atomic mass is 10.4. The van der Waals surface area contributed by atoms with Crippen molar-refractivity contribution in [1.29, 1.82) is 0 Å². The van der Waals surface area contributed by atoms with Crippen LogP contribution in [0, 0.1) is 0 Å². The molecule has 0 fully saturated rings. The fraction of sp³-hybridized carbons (Fsp3) is 0.417. The molecular weight excluding hydrogens is 262 g/mol. The summed E-state index contributed by atoms with van der Waals surface area (Å²) in [5.74, 6) is 1.12. The van der Waals surface area contributed by atoms with Crippen LogP contribution >= 0.6 is 11.3 Å². The number of hydrogen-bond donors (Lipinski definition) is 1. The predicted octanol–water partition coefficient (Wildman–Crippen LogP) is 2.01. The fourth-order valence-electron chi connectivity index (χ4n) is 1.60. The summed E-state index contributed by atoms with van der Waals surface area (Å²) in [6.45, 7) is 3.67. The highest BCUT2D eigenvalue weighted by Gasteiger charge is 2.13. The van der Waals surface area contributed by atoms with Gasteiger partial charge in [0.2, 0.25) is 11.9 Å². The molecule has 102 valence electrons. The van der Waals surface area contributed by atoms with Gasteiger partial charge in [0, 0.05) is 18.5 Å². The van der Waals surface area contributed by atoms with Gasteiger partial charge in [-0.2, -0.15) is 15.0 Å². The molecule has 2 aromatic heterocycles. The van der Waals surface area contributed by atoms with E-state index in [2.05, 4.69) is 43.5 Å². The Morgan fingerprint density at radius 3 is 2.79 bits per heavy atom. The lowest BCUT2D eigenvalue weighted by molar-refractivity contribution is 0.378. The Hall–Kier alpha value is -1.89. The van der Waals surface area contributed by atoms with Crippen molar-refractivity contribution in [2.24, 2.45) is 0 Å². The maximum absolute atomic E-state index is 5.10. The number of nitrogens with one attached hydrogen (secondary N) is 1. The molecule has 6 nitrogen and oxygen atoms in total. The zero-order valence-corrected chi connectivity index (χ0v) is 12.1. The number of thiophene rings is 1. The van der Waals surface area contributed by atoms with Crippen LogP contribution in [0.1, 0.15) is 11.8 Å². The second kappa shape index (κ2) is 6.33. The smallest absolute Gasteiger partial charge is 0.322 e. The van der Waals surface area contributed by atoms with Gasteiger partial charge in [-0.25, -0.2) is 0 Å². The number of aromatic nitrogens is 3. The molecule has 0 unspecified atom stereocenters. The van der Waals surface area contributed by atoms with Gasteiger partial charge in [0.1, 0.15) is 0 Å². The van der Waals surface area contributed by atoms with Crippen LogP contribution < -0.4 is 15.0 Å². The first-order valence-electron chi connectivity index (χ1n) is 6.02. The van der Waals surface area contributed by atoms with Gasteiger partial charge < -0.3 is 15.0 Å². The van der Waals surface area contributed by atoms with Gasteiger partial charge in [0.15, 0.2) is 0 Å². The fourth-order valence-corrected chi connectivity index (χ4v) is 2.32. The number of methoxy groups -OCH3 is 1. The summed E-state index contributed by atoms with van der Waals surface area (Å²) in [4.78, 5) is 16.1. The summed E-state index contributed by atoms with van der Waals surface area (Å²) in [6.07, 6.45) is 0. The Morgan fingerprint density at radius 1 is 1.37 bits per heavy atom. The zero-order chi connectivity index (χ0) is 13.7. The number of hydrogen-bond acceptors (Lipinski definition) is 7. The van der Waals surface area contributed by atoms with Gasteiger partial charge >= 0.3 is 6.01 Å². The van der Waals surface area contributed by atoms with E-state index in [9.17, 15) is 0 Å². The number of anilines is 2. The third-order valence-electron chi connectivity index (χ3n) is 2.60. The standard InChI is InChI=1S/C12H17N5OS/c1-4-17(8-9-6-5-7-19-9)11-14-10(13-2)15-12(16-11)18-3/h5-7H,4,8H2,1-3H3,(H,13,14,15,16). The van der Waals surface area contributed by atoms with E-state index >= 15 is 0 Å². The highest BCUT2D eigenvalue weighted by atomic mass is 32.1. The molecule has 0 atom stereocenters. The Morgan fingerprint density at radius 2 is 2.21 bits per heavy atom. The van der Waals surface area contributed by atoms with Crippen LogP contribution in [0.15, 0.2) is 17.5 Å². The summed E-state index contributed by atoms with van der Waals surface area (Å²) in [7, 11) is 3.32. The maximum atomic E-state index is 5.10. The average molecular weight is 279 g/mol. The number of nitrogens with zero attached hydrogens (tertiary/aromatic N) is 4. The zero-order valence-electron chi connectivity index (χ0n) is 11.3. The van der Waals surface area contributed by atoms with Gasteiger partial charge in [0.05, 0.1) is 13.7 Å². The van der Waals surface area contributed by atoms with Gasteiger partial charge in [-0.05, 0) is 18.4 Å². The molecular formula is C12H17N5OS. The van der Waals surface area contributed by atoms with E-state index in [-0.39, 0.29) is 0 Å². The molecule has 2 heterocycles. The molecule has 0 aliphatic rings. The largest absolute Gasteiger partial charge is 0.467 e. The van der Waals surface area contributed by atoms with Crippen LogP contribution in [-0.2, 0) is 6.54 Å². The second-order valence-corrected chi connectivity index (χ2v) is 4.82. The molecule has 0 saturated heterocycles. The van der Waals surface area contributed by atoms with Crippen molar-refractivity contribution in [1.82, 2.24) is 15.0 Å². The quantitative estimate of drug-likeness (QED) is 0.872. The minimum absolute atomic E-state index is 0.318. The minimum Gasteiger partial charge on any atom is -0.467 e. The van der Waals surface area contributed by atoms with E-state index < -0.39 is 0 Å². The first-order chi connectivity index (χ1) is 9.26. The SMILES string of the molecule is CCN(Cc1cccs1)c1nc(NC)nc(OC)n1. The van der Waals surface area contributed by atoms with Crippen LogP contribution in [0.2, 0.25) is 0 Å².